The maximum absolute atomic E-state index is 6.52. The largest absolute Gasteiger partial charge is 0.347 e. The van der Waals surface area contributed by atoms with E-state index in [9.17, 15) is 0 Å². The van der Waals surface area contributed by atoms with E-state index in [1.165, 1.54) is 0 Å². The van der Waals surface area contributed by atoms with E-state index < -0.39 is 23.1 Å². The van der Waals surface area contributed by atoms with Crippen LogP contribution in [0, 0.1) is 0 Å². The molecule has 0 aromatic heterocycles. The quantitative estimate of drug-likeness (QED) is 0.165. The van der Waals surface area contributed by atoms with Gasteiger partial charge in [-0.1, -0.05) is 53.4 Å². The first-order chi connectivity index (χ1) is 21.4. The number of nitrogens with zero attached hydrogens (tertiary/aromatic N) is 2. The molecule has 4 aliphatic heterocycles. The smallest absolute Gasteiger partial charge is 0.166 e. The maximum atomic E-state index is 6.52. The molecular weight excluding hydrogens is 576 g/mol. The second-order valence-corrected chi connectivity index (χ2v) is 14.6. The SMILES string of the molecule is CCCCC1(C)OCC(CN(CCN(CC2COC(C)(CCC)O2)CC2COC(C)(CCC)O2)CC2COC(C)(CCC)O2)O1. The van der Waals surface area contributed by atoms with Crippen molar-refractivity contribution in [1.82, 2.24) is 9.80 Å². The number of hydrogen-bond donors (Lipinski definition) is 0. The molecule has 0 bridgehead atoms. The molecule has 8 atom stereocenters. The number of hydrogen-bond acceptors (Lipinski definition) is 10. The van der Waals surface area contributed by atoms with Crippen LogP contribution in [0.15, 0.2) is 0 Å². The molecule has 0 spiro atoms. The van der Waals surface area contributed by atoms with Crippen LogP contribution in [-0.2, 0) is 37.9 Å². The summed E-state index contributed by atoms with van der Waals surface area (Å²) < 4.78 is 50.5. The van der Waals surface area contributed by atoms with Gasteiger partial charge in [0.2, 0.25) is 0 Å². The Morgan fingerprint density at radius 3 is 1.00 bits per heavy atom. The molecule has 4 aliphatic rings. The third kappa shape index (κ3) is 11.3. The summed E-state index contributed by atoms with van der Waals surface area (Å²) in [6.07, 6.45) is 9.00. The van der Waals surface area contributed by atoms with Crippen LogP contribution in [0.25, 0.3) is 0 Å². The fourth-order valence-corrected chi connectivity index (χ4v) is 7.45. The van der Waals surface area contributed by atoms with E-state index >= 15 is 0 Å². The van der Waals surface area contributed by atoms with Gasteiger partial charge in [-0.3, -0.25) is 9.80 Å². The van der Waals surface area contributed by atoms with Crippen molar-refractivity contribution in [3.05, 3.63) is 0 Å². The molecular formula is C35H66N2O8. The third-order valence-corrected chi connectivity index (χ3v) is 9.64. The molecule has 0 aromatic carbocycles. The average molecular weight is 643 g/mol. The summed E-state index contributed by atoms with van der Waals surface area (Å²) in [5.41, 5.74) is 0. The van der Waals surface area contributed by atoms with Gasteiger partial charge in [0.1, 0.15) is 0 Å². The summed E-state index contributed by atoms with van der Waals surface area (Å²) in [7, 11) is 0. The molecule has 10 nitrogen and oxygen atoms in total. The van der Waals surface area contributed by atoms with Gasteiger partial charge in [0.25, 0.3) is 0 Å². The molecule has 8 unspecified atom stereocenters. The Kier molecular flexibility index (Phi) is 14.0. The predicted octanol–water partition coefficient (Wildman–Crippen LogP) is 5.71. The number of rotatable bonds is 20. The summed E-state index contributed by atoms with van der Waals surface area (Å²) in [4.78, 5) is 4.97. The highest BCUT2D eigenvalue weighted by atomic mass is 16.8. The Morgan fingerprint density at radius 2 is 0.733 bits per heavy atom. The van der Waals surface area contributed by atoms with Gasteiger partial charge in [0.05, 0.1) is 50.8 Å². The van der Waals surface area contributed by atoms with E-state index in [2.05, 4.69) is 65.2 Å². The molecule has 4 fully saturated rings. The monoisotopic (exact) mass is 642 g/mol. The highest BCUT2D eigenvalue weighted by Gasteiger charge is 2.42. The molecule has 0 saturated carbocycles. The van der Waals surface area contributed by atoms with Crippen molar-refractivity contribution in [2.24, 2.45) is 0 Å². The van der Waals surface area contributed by atoms with Gasteiger partial charge in [-0.05, 0) is 34.1 Å². The van der Waals surface area contributed by atoms with Crippen LogP contribution >= 0.6 is 0 Å². The Morgan fingerprint density at radius 1 is 0.444 bits per heavy atom. The summed E-state index contributed by atoms with van der Waals surface area (Å²) in [5.74, 6) is -2.00. The number of unbranched alkanes of at least 4 members (excludes halogenated alkanes) is 1. The first kappa shape index (κ1) is 37.4. The van der Waals surface area contributed by atoms with Crippen molar-refractivity contribution in [2.75, 3.05) is 65.7 Å². The first-order valence-electron chi connectivity index (χ1n) is 18.1. The molecule has 0 aliphatic carbocycles. The van der Waals surface area contributed by atoms with E-state index in [0.717, 1.165) is 97.1 Å². The molecule has 0 N–H and O–H groups in total. The fraction of sp³-hybridized carbons (Fsp3) is 1.00. The molecule has 45 heavy (non-hydrogen) atoms. The van der Waals surface area contributed by atoms with Crippen LogP contribution in [0.4, 0.5) is 0 Å². The zero-order valence-electron chi connectivity index (χ0n) is 29.9. The summed E-state index contributed by atoms with van der Waals surface area (Å²) in [6.45, 7) is 24.3. The third-order valence-electron chi connectivity index (χ3n) is 9.64. The highest BCUT2D eigenvalue weighted by Crippen LogP contribution is 2.32. The molecule has 264 valence electrons. The molecule has 0 amide bonds. The highest BCUT2D eigenvalue weighted by molar-refractivity contribution is 4.85. The van der Waals surface area contributed by atoms with Crippen LogP contribution < -0.4 is 0 Å². The van der Waals surface area contributed by atoms with Gasteiger partial charge in [0, 0.05) is 65.0 Å². The average Bonchev–Trinajstić information content (AvgIpc) is 3.74. The number of ether oxygens (including phenoxy) is 8. The van der Waals surface area contributed by atoms with Crippen LogP contribution in [0.5, 0.6) is 0 Å². The summed E-state index contributed by atoms with van der Waals surface area (Å²) in [5, 5.41) is 0. The minimum atomic E-state index is -0.501. The zero-order valence-corrected chi connectivity index (χ0v) is 29.9. The van der Waals surface area contributed by atoms with Crippen molar-refractivity contribution < 1.29 is 37.9 Å². The molecule has 4 saturated heterocycles. The van der Waals surface area contributed by atoms with Crippen LogP contribution in [0.1, 0.15) is 113 Å². The van der Waals surface area contributed by atoms with Crippen molar-refractivity contribution in [3.63, 3.8) is 0 Å². The van der Waals surface area contributed by atoms with Crippen LogP contribution in [0.2, 0.25) is 0 Å². The predicted molar refractivity (Wildman–Crippen MR) is 174 cm³/mol. The van der Waals surface area contributed by atoms with Crippen molar-refractivity contribution in [3.8, 4) is 0 Å². The maximum Gasteiger partial charge on any atom is 0.166 e. The summed E-state index contributed by atoms with van der Waals surface area (Å²) in [6, 6.07) is 0. The molecule has 10 heteroatoms. The lowest BCUT2D eigenvalue weighted by Gasteiger charge is -2.33. The minimum Gasteiger partial charge on any atom is -0.347 e. The van der Waals surface area contributed by atoms with Gasteiger partial charge in [-0.25, -0.2) is 0 Å². The van der Waals surface area contributed by atoms with Gasteiger partial charge in [0.15, 0.2) is 23.1 Å². The van der Waals surface area contributed by atoms with Crippen molar-refractivity contribution in [2.45, 2.75) is 161 Å². The standard InChI is InChI=1S/C35H66N2O8/c1-9-13-17-35(8)41-27-31(45-35)23-37(22-30-26-40-34(7,44-30)16-12-4)19-18-36(20-28-24-38-32(5,42-28)14-10-2)21-29-25-39-33(6,43-29)15-11-3/h28-31H,9-27H2,1-8H3. The molecule has 0 radical (unpaired) electrons. The van der Waals surface area contributed by atoms with Crippen LogP contribution in [-0.4, -0.2) is 123 Å². The van der Waals surface area contributed by atoms with Gasteiger partial charge >= 0.3 is 0 Å². The molecule has 0 aromatic rings. The lowest BCUT2D eigenvalue weighted by atomic mass is 10.1. The van der Waals surface area contributed by atoms with Crippen LogP contribution in [0.3, 0.4) is 0 Å². The first-order valence-corrected chi connectivity index (χ1v) is 18.1. The Bertz CT molecular complexity index is 853. The molecule has 4 heterocycles. The second-order valence-electron chi connectivity index (χ2n) is 14.6. The van der Waals surface area contributed by atoms with E-state index in [4.69, 9.17) is 37.9 Å². The van der Waals surface area contributed by atoms with Gasteiger partial charge in [-0.15, -0.1) is 0 Å². The minimum absolute atomic E-state index is 0.0198. The Balaban J connectivity index is 1.42. The van der Waals surface area contributed by atoms with E-state index in [1.807, 2.05) is 0 Å². The normalized spacial score (nSPS) is 38.8. The van der Waals surface area contributed by atoms with Crippen molar-refractivity contribution >= 4 is 0 Å². The van der Waals surface area contributed by atoms with Gasteiger partial charge < -0.3 is 37.9 Å². The second kappa shape index (κ2) is 16.8. The Labute approximate surface area is 274 Å². The lowest BCUT2D eigenvalue weighted by Crippen LogP contribution is -2.47. The van der Waals surface area contributed by atoms with Gasteiger partial charge in [-0.2, -0.15) is 0 Å². The topological polar surface area (TPSA) is 80.3 Å². The Hall–Kier alpha value is -0.400. The van der Waals surface area contributed by atoms with E-state index in [-0.39, 0.29) is 24.4 Å². The van der Waals surface area contributed by atoms with Crippen molar-refractivity contribution in [1.29, 1.82) is 0 Å². The van der Waals surface area contributed by atoms with E-state index in [1.54, 1.807) is 0 Å². The zero-order chi connectivity index (χ0) is 32.6. The molecule has 4 rings (SSSR count). The van der Waals surface area contributed by atoms with E-state index in [0.29, 0.717) is 26.4 Å². The fourth-order valence-electron chi connectivity index (χ4n) is 7.45. The lowest BCUT2D eigenvalue weighted by molar-refractivity contribution is -0.167. The summed E-state index contributed by atoms with van der Waals surface area (Å²) >= 11 is 0.